The minimum Gasteiger partial charge on any atom is -0.450 e. The molecule has 0 aliphatic carbocycles. The Morgan fingerprint density at radius 1 is 1.91 bits per heavy atom. The lowest BCUT2D eigenvalue weighted by molar-refractivity contribution is 0.152. The van der Waals surface area contributed by atoms with Crippen LogP contribution in [0.1, 0.15) is 6.92 Å². The maximum Gasteiger partial charge on any atom is 0.407 e. The number of carbonyl (C=O) groups excluding carboxylic acids is 1. The van der Waals surface area contributed by atoms with E-state index in [4.69, 9.17) is 16.9 Å². The molecule has 11 heavy (non-hydrogen) atoms. The van der Waals surface area contributed by atoms with Crippen LogP contribution in [-0.4, -0.2) is 24.6 Å². The van der Waals surface area contributed by atoms with Crippen molar-refractivity contribution in [2.75, 3.05) is 13.2 Å². The van der Waals surface area contributed by atoms with E-state index < -0.39 is 11.5 Å². The molecular formula is C6H9ClN2O2. The molecule has 0 saturated heterocycles. The van der Waals surface area contributed by atoms with Crippen molar-refractivity contribution in [1.29, 1.82) is 5.26 Å². The third-order valence-electron chi connectivity index (χ3n) is 0.841. The zero-order valence-corrected chi connectivity index (χ0v) is 6.89. The molecule has 0 aromatic heterocycles. The summed E-state index contributed by atoms with van der Waals surface area (Å²) in [6.07, 6.45) is -0.548. The number of alkyl carbamates (subject to hydrolysis) is 1. The fraction of sp³-hybridized carbons (Fsp3) is 0.667. The van der Waals surface area contributed by atoms with E-state index in [0.717, 1.165) is 0 Å². The van der Waals surface area contributed by atoms with Crippen molar-refractivity contribution >= 4 is 17.7 Å². The average molecular weight is 177 g/mol. The van der Waals surface area contributed by atoms with Gasteiger partial charge in [0, 0.05) is 0 Å². The van der Waals surface area contributed by atoms with E-state index in [1.807, 2.05) is 0 Å². The first-order chi connectivity index (χ1) is 5.20. The quantitative estimate of drug-likeness (QED) is 0.649. The van der Waals surface area contributed by atoms with Gasteiger partial charge in [-0.15, -0.1) is 11.6 Å². The van der Waals surface area contributed by atoms with Crippen molar-refractivity contribution in [3.05, 3.63) is 0 Å². The van der Waals surface area contributed by atoms with Gasteiger partial charge >= 0.3 is 6.09 Å². The van der Waals surface area contributed by atoms with Crippen molar-refractivity contribution in [3.63, 3.8) is 0 Å². The van der Waals surface area contributed by atoms with E-state index in [2.05, 4.69) is 10.1 Å². The van der Waals surface area contributed by atoms with Crippen molar-refractivity contribution in [2.24, 2.45) is 0 Å². The lowest BCUT2D eigenvalue weighted by Crippen LogP contribution is -2.29. The SMILES string of the molecule is CCOC(=O)NCC(Cl)C#N. The predicted molar refractivity (Wildman–Crippen MR) is 40.3 cm³/mol. The van der Waals surface area contributed by atoms with Crippen LogP contribution in [-0.2, 0) is 4.74 Å². The third-order valence-corrected chi connectivity index (χ3v) is 1.09. The third kappa shape index (κ3) is 5.49. The average Bonchev–Trinajstić information content (AvgIpc) is 2.01. The molecule has 0 radical (unpaired) electrons. The monoisotopic (exact) mass is 176 g/mol. The minimum atomic E-state index is -0.695. The number of halogens is 1. The molecule has 62 valence electrons. The molecule has 0 aliphatic heterocycles. The number of rotatable bonds is 3. The Hall–Kier alpha value is -0.950. The normalized spacial score (nSPS) is 11.4. The molecule has 0 heterocycles. The smallest absolute Gasteiger partial charge is 0.407 e. The number of nitrogens with one attached hydrogen (secondary N) is 1. The molecule has 0 aromatic carbocycles. The Morgan fingerprint density at radius 2 is 2.55 bits per heavy atom. The van der Waals surface area contributed by atoms with Gasteiger partial charge in [-0.1, -0.05) is 0 Å². The summed E-state index contributed by atoms with van der Waals surface area (Å²) >= 11 is 5.38. The number of alkyl halides is 1. The Kier molecular flexibility index (Phi) is 5.30. The van der Waals surface area contributed by atoms with E-state index in [0.29, 0.717) is 6.61 Å². The summed E-state index contributed by atoms with van der Waals surface area (Å²) in [5.41, 5.74) is 0. The molecule has 0 fully saturated rings. The summed E-state index contributed by atoms with van der Waals surface area (Å²) in [6.45, 7) is 2.12. The van der Waals surface area contributed by atoms with Crippen molar-refractivity contribution < 1.29 is 9.53 Å². The van der Waals surface area contributed by atoms with E-state index in [1.165, 1.54) is 0 Å². The highest BCUT2D eigenvalue weighted by Crippen LogP contribution is 1.89. The maximum absolute atomic E-state index is 10.6. The van der Waals surface area contributed by atoms with Gasteiger partial charge in [-0.25, -0.2) is 4.79 Å². The molecule has 1 N–H and O–H groups in total. The van der Waals surface area contributed by atoms with Crippen molar-refractivity contribution in [3.8, 4) is 6.07 Å². The van der Waals surface area contributed by atoms with Gasteiger partial charge in [-0.3, -0.25) is 0 Å². The Labute approximate surface area is 70.1 Å². The molecule has 4 nitrogen and oxygen atoms in total. The second-order valence-electron chi connectivity index (χ2n) is 1.70. The number of hydrogen-bond acceptors (Lipinski definition) is 3. The van der Waals surface area contributed by atoms with Gasteiger partial charge in [0.05, 0.1) is 19.2 Å². The second kappa shape index (κ2) is 5.81. The van der Waals surface area contributed by atoms with Gasteiger partial charge in [-0.05, 0) is 6.92 Å². The fourth-order valence-electron chi connectivity index (χ4n) is 0.401. The molecule has 0 spiro atoms. The van der Waals surface area contributed by atoms with Crippen LogP contribution in [0.15, 0.2) is 0 Å². The lowest BCUT2D eigenvalue weighted by Gasteiger charge is -2.03. The Morgan fingerprint density at radius 3 is 3.00 bits per heavy atom. The number of carbonyl (C=O) groups is 1. The standard InChI is InChI=1S/C6H9ClN2O2/c1-2-11-6(10)9-4-5(7)3-8/h5H,2,4H2,1H3,(H,9,10). The van der Waals surface area contributed by atoms with Crippen LogP contribution in [0.5, 0.6) is 0 Å². The van der Waals surface area contributed by atoms with Gasteiger partial charge in [0.25, 0.3) is 0 Å². The van der Waals surface area contributed by atoms with E-state index in [9.17, 15) is 4.79 Å². The molecule has 0 rings (SSSR count). The van der Waals surface area contributed by atoms with E-state index >= 15 is 0 Å². The predicted octanol–water partition coefficient (Wildman–Crippen LogP) is 0.863. The first-order valence-electron chi connectivity index (χ1n) is 3.15. The zero-order chi connectivity index (χ0) is 8.69. The van der Waals surface area contributed by atoms with Gasteiger partial charge in [0.1, 0.15) is 5.38 Å². The van der Waals surface area contributed by atoms with Crippen LogP contribution >= 0.6 is 11.6 Å². The lowest BCUT2D eigenvalue weighted by atomic mass is 10.5. The number of hydrogen-bond donors (Lipinski definition) is 1. The molecule has 0 aliphatic rings. The number of amides is 1. The van der Waals surface area contributed by atoms with Crippen LogP contribution in [0, 0.1) is 11.3 Å². The molecule has 1 amide bonds. The number of nitrogens with zero attached hydrogens (tertiary/aromatic N) is 1. The summed E-state index contributed by atoms with van der Waals surface area (Å²) in [6, 6.07) is 1.76. The minimum absolute atomic E-state index is 0.108. The largest absolute Gasteiger partial charge is 0.450 e. The highest BCUT2D eigenvalue weighted by molar-refractivity contribution is 6.22. The molecule has 0 aromatic rings. The van der Waals surface area contributed by atoms with E-state index in [-0.39, 0.29) is 6.54 Å². The van der Waals surface area contributed by atoms with Gasteiger partial charge < -0.3 is 10.1 Å². The molecule has 0 bridgehead atoms. The molecule has 5 heteroatoms. The summed E-state index contributed by atoms with van der Waals surface area (Å²) in [5.74, 6) is 0. The summed E-state index contributed by atoms with van der Waals surface area (Å²) in [5, 5.41) is 9.83. The van der Waals surface area contributed by atoms with Gasteiger partial charge in [-0.2, -0.15) is 5.26 Å². The molecular weight excluding hydrogens is 168 g/mol. The number of ether oxygens (including phenoxy) is 1. The molecule has 1 atom stereocenters. The Balaban J connectivity index is 3.39. The van der Waals surface area contributed by atoms with Crippen LogP contribution < -0.4 is 5.32 Å². The van der Waals surface area contributed by atoms with Crippen molar-refractivity contribution in [1.82, 2.24) is 5.32 Å². The van der Waals surface area contributed by atoms with Crippen LogP contribution in [0.4, 0.5) is 4.79 Å². The molecule has 0 saturated carbocycles. The number of nitriles is 1. The summed E-state index contributed by atoms with van der Waals surface area (Å²) in [4.78, 5) is 10.6. The second-order valence-corrected chi connectivity index (χ2v) is 2.22. The summed E-state index contributed by atoms with van der Waals surface area (Å²) < 4.78 is 4.52. The van der Waals surface area contributed by atoms with Crippen LogP contribution in [0.3, 0.4) is 0 Å². The van der Waals surface area contributed by atoms with Crippen LogP contribution in [0.2, 0.25) is 0 Å². The fourth-order valence-corrected chi connectivity index (χ4v) is 0.478. The zero-order valence-electron chi connectivity index (χ0n) is 6.13. The van der Waals surface area contributed by atoms with Crippen molar-refractivity contribution in [2.45, 2.75) is 12.3 Å². The highest BCUT2D eigenvalue weighted by atomic mass is 35.5. The molecule has 1 unspecified atom stereocenters. The maximum atomic E-state index is 10.6. The topological polar surface area (TPSA) is 62.1 Å². The van der Waals surface area contributed by atoms with E-state index in [1.54, 1.807) is 13.0 Å². The highest BCUT2D eigenvalue weighted by Gasteiger charge is 2.04. The summed E-state index contributed by atoms with van der Waals surface area (Å²) in [7, 11) is 0. The first kappa shape index (κ1) is 10.0. The van der Waals surface area contributed by atoms with Crippen LogP contribution in [0.25, 0.3) is 0 Å². The van der Waals surface area contributed by atoms with Gasteiger partial charge in [0.15, 0.2) is 0 Å². The Bertz CT molecular complexity index is 166. The van der Waals surface area contributed by atoms with Gasteiger partial charge in [0.2, 0.25) is 0 Å². The first-order valence-corrected chi connectivity index (χ1v) is 3.58.